The van der Waals surface area contributed by atoms with Crippen LogP contribution in [-0.2, 0) is 0 Å². The lowest BCUT2D eigenvalue weighted by atomic mass is 10.00. The summed E-state index contributed by atoms with van der Waals surface area (Å²) in [7, 11) is 0. The fraction of sp³-hybridized carbons (Fsp3) is 0.200. The van der Waals surface area contributed by atoms with Gasteiger partial charge in [-0.3, -0.25) is 0 Å². The standard InChI is InChI=1S/C10H8ClFO2S/c11-4-6-5-14-9-2-1-7(15-12)3-8(9)10(6)13/h1-4,10,13H,5H2/b6-4+. The smallest absolute Gasteiger partial charge is 0.126 e. The Bertz CT molecular complexity index is 408. The van der Waals surface area contributed by atoms with Crippen molar-refractivity contribution < 1.29 is 13.7 Å². The fourth-order valence-corrected chi connectivity index (χ4v) is 1.92. The van der Waals surface area contributed by atoms with E-state index in [1.54, 1.807) is 18.2 Å². The van der Waals surface area contributed by atoms with E-state index in [-0.39, 0.29) is 18.8 Å². The number of hydrogen-bond donors (Lipinski definition) is 1. The average molecular weight is 247 g/mol. The molecule has 1 atom stereocenters. The summed E-state index contributed by atoms with van der Waals surface area (Å²) in [6.45, 7) is 0.264. The molecule has 0 saturated carbocycles. The molecule has 0 radical (unpaired) electrons. The summed E-state index contributed by atoms with van der Waals surface area (Å²) in [6, 6.07) is 4.81. The van der Waals surface area contributed by atoms with Gasteiger partial charge in [0.25, 0.3) is 0 Å². The van der Waals surface area contributed by atoms with Crippen LogP contribution in [0.4, 0.5) is 3.89 Å². The van der Waals surface area contributed by atoms with Crippen molar-refractivity contribution in [1.29, 1.82) is 0 Å². The van der Waals surface area contributed by atoms with Crippen LogP contribution in [0.1, 0.15) is 11.7 Å². The van der Waals surface area contributed by atoms with E-state index in [1.165, 1.54) is 5.54 Å². The zero-order chi connectivity index (χ0) is 10.8. The number of benzene rings is 1. The fourth-order valence-electron chi connectivity index (χ4n) is 1.45. The second kappa shape index (κ2) is 4.43. The monoisotopic (exact) mass is 246 g/mol. The summed E-state index contributed by atoms with van der Waals surface area (Å²) in [6.07, 6.45) is -0.807. The van der Waals surface area contributed by atoms with Crippen LogP contribution in [0, 0.1) is 0 Å². The number of aliphatic hydroxyl groups excluding tert-OH is 1. The number of hydrogen-bond acceptors (Lipinski definition) is 3. The minimum atomic E-state index is -0.807. The third kappa shape index (κ3) is 1.97. The summed E-state index contributed by atoms with van der Waals surface area (Å²) in [5, 5.41) is 9.88. The first-order chi connectivity index (χ1) is 7.26. The molecule has 1 N–H and O–H groups in total. The van der Waals surface area contributed by atoms with Crippen molar-refractivity contribution in [3.8, 4) is 5.75 Å². The molecule has 0 aliphatic carbocycles. The van der Waals surface area contributed by atoms with E-state index in [0.717, 1.165) is 0 Å². The van der Waals surface area contributed by atoms with Crippen molar-refractivity contribution in [2.24, 2.45) is 0 Å². The van der Waals surface area contributed by atoms with Gasteiger partial charge >= 0.3 is 0 Å². The maximum absolute atomic E-state index is 12.4. The third-order valence-corrected chi connectivity index (χ3v) is 2.96. The van der Waals surface area contributed by atoms with Crippen LogP contribution in [0.5, 0.6) is 5.75 Å². The highest BCUT2D eigenvalue weighted by molar-refractivity contribution is 7.94. The zero-order valence-electron chi connectivity index (χ0n) is 7.61. The molecule has 1 aromatic rings. The highest BCUT2D eigenvalue weighted by atomic mass is 35.5. The third-order valence-electron chi connectivity index (χ3n) is 2.25. The number of fused-ring (bicyclic) bond motifs is 1. The molecular weight excluding hydrogens is 239 g/mol. The van der Waals surface area contributed by atoms with Crippen molar-refractivity contribution in [3.63, 3.8) is 0 Å². The van der Waals surface area contributed by atoms with E-state index in [4.69, 9.17) is 16.3 Å². The Morgan fingerprint density at radius 3 is 3.07 bits per heavy atom. The molecule has 0 bridgehead atoms. The zero-order valence-corrected chi connectivity index (χ0v) is 9.19. The summed E-state index contributed by atoms with van der Waals surface area (Å²) in [5.41, 5.74) is 2.42. The lowest BCUT2D eigenvalue weighted by molar-refractivity contribution is 0.170. The highest BCUT2D eigenvalue weighted by Crippen LogP contribution is 2.37. The van der Waals surface area contributed by atoms with Gasteiger partial charge in [-0.2, -0.15) is 3.89 Å². The van der Waals surface area contributed by atoms with E-state index in [1.807, 2.05) is 0 Å². The van der Waals surface area contributed by atoms with Crippen LogP contribution >= 0.6 is 23.7 Å². The van der Waals surface area contributed by atoms with E-state index >= 15 is 0 Å². The van der Waals surface area contributed by atoms with Crippen LogP contribution in [0.25, 0.3) is 0 Å². The average Bonchev–Trinajstić information content (AvgIpc) is 2.29. The molecular formula is C10H8ClFO2S. The molecule has 0 fully saturated rings. The molecule has 0 saturated heterocycles. The SMILES string of the molecule is OC1/C(=C/Cl)COc2ccc(SF)cc21. The Morgan fingerprint density at radius 2 is 2.40 bits per heavy atom. The van der Waals surface area contributed by atoms with Crippen LogP contribution in [0.3, 0.4) is 0 Å². The largest absolute Gasteiger partial charge is 0.489 e. The molecule has 0 spiro atoms. The molecule has 1 unspecified atom stereocenters. The molecule has 15 heavy (non-hydrogen) atoms. The maximum atomic E-state index is 12.4. The van der Waals surface area contributed by atoms with Gasteiger partial charge in [-0.15, -0.1) is 0 Å². The second-order valence-electron chi connectivity index (χ2n) is 3.15. The van der Waals surface area contributed by atoms with Gasteiger partial charge in [-0.25, -0.2) is 0 Å². The van der Waals surface area contributed by atoms with Crippen LogP contribution in [-0.4, -0.2) is 11.7 Å². The van der Waals surface area contributed by atoms with Crippen molar-refractivity contribution >= 4 is 23.7 Å². The molecule has 0 aromatic heterocycles. The minimum absolute atomic E-state index is 0.133. The Labute approximate surface area is 96.0 Å². The highest BCUT2D eigenvalue weighted by Gasteiger charge is 2.24. The molecule has 2 rings (SSSR count). The Hall–Kier alpha value is -0.710. The van der Waals surface area contributed by atoms with E-state index in [0.29, 0.717) is 21.8 Å². The Balaban J connectivity index is 2.44. The summed E-state index contributed by atoms with van der Waals surface area (Å²) >= 11 is 5.67. The predicted octanol–water partition coefficient (Wildman–Crippen LogP) is 3.21. The lowest BCUT2D eigenvalue weighted by Gasteiger charge is -2.24. The van der Waals surface area contributed by atoms with Gasteiger partial charge < -0.3 is 9.84 Å². The maximum Gasteiger partial charge on any atom is 0.126 e. The quantitative estimate of drug-likeness (QED) is 0.825. The van der Waals surface area contributed by atoms with E-state index < -0.39 is 6.10 Å². The normalized spacial score (nSPS) is 22.3. The molecule has 1 aromatic carbocycles. The Kier molecular flexibility index (Phi) is 3.19. The van der Waals surface area contributed by atoms with Gasteiger partial charge in [-0.05, 0) is 18.2 Å². The molecule has 5 heteroatoms. The molecule has 1 aliphatic heterocycles. The van der Waals surface area contributed by atoms with Crippen LogP contribution in [0.15, 0.2) is 34.2 Å². The molecule has 0 amide bonds. The Morgan fingerprint density at radius 1 is 1.60 bits per heavy atom. The summed E-state index contributed by atoms with van der Waals surface area (Å²) < 4.78 is 17.7. The number of halogens is 2. The summed E-state index contributed by atoms with van der Waals surface area (Å²) in [4.78, 5) is 0.437. The van der Waals surface area contributed by atoms with Gasteiger partial charge in [0.15, 0.2) is 0 Å². The van der Waals surface area contributed by atoms with E-state index in [9.17, 15) is 8.99 Å². The topological polar surface area (TPSA) is 29.5 Å². The first-order valence-electron chi connectivity index (χ1n) is 4.29. The van der Waals surface area contributed by atoms with Crippen LogP contribution in [0.2, 0.25) is 0 Å². The molecule has 2 nitrogen and oxygen atoms in total. The van der Waals surface area contributed by atoms with Gasteiger partial charge in [0.05, 0.1) is 12.1 Å². The number of ether oxygens (including phenoxy) is 1. The molecule has 1 aliphatic rings. The number of aliphatic hydroxyl groups is 1. The molecule has 1 heterocycles. The second-order valence-corrected chi connectivity index (χ2v) is 4.00. The first kappa shape index (κ1) is 10.8. The first-order valence-corrected chi connectivity index (χ1v) is 5.44. The molecule has 80 valence electrons. The predicted molar refractivity (Wildman–Crippen MR) is 57.8 cm³/mol. The lowest BCUT2D eigenvalue weighted by Crippen LogP contribution is -2.17. The van der Waals surface area contributed by atoms with Crippen LogP contribution < -0.4 is 4.74 Å². The van der Waals surface area contributed by atoms with Crippen molar-refractivity contribution in [2.45, 2.75) is 11.0 Å². The van der Waals surface area contributed by atoms with E-state index in [2.05, 4.69) is 0 Å². The van der Waals surface area contributed by atoms with Gasteiger partial charge in [0.2, 0.25) is 0 Å². The van der Waals surface area contributed by atoms with Crippen molar-refractivity contribution in [2.75, 3.05) is 6.61 Å². The van der Waals surface area contributed by atoms with Gasteiger partial charge in [-0.1, -0.05) is 11.6 Å². The van der Waals surface area contributed by atoms with Crippen molar-refractivity contribution in [3.05, 3.63) is 34.9 Å². The summed E-state index contributed by atoms with van der Waals surface area (Å²) in [5.74, 6) is 0.572. The van der Waals surface area contributed by atoms with Gasteiger partial charge in [0.1, 0.15) is 18.5 Å². The van der Waals surface area contributed by atoms with Crippen molar-refractivity contribution in [1.82, 2.24) is 0 Å². The minimum Gasteiger partial charge on any atom is -0.489 e. The number of rotatable bonds is 1. The van der Waals surface area contributed by atoms with Gasteiger partial charge in [0, 0.05) is 21.6 Å².